The van der Waals surface area contributed by atoms with Crippen molar-refractivity contribution in [2.24, 2.45) is 5.41 Å². The predicted octanol–water partition coefficient (Wildman–Crippen LogP) is 0.699. The molecule has 0 radical (unpaired) electrons. The van der Waals surface area contributed by atoms with E-state index in [1.54, 1.807) is 11.8 Å². The molecule has 0 bridgehead atoms. The van der Waals surface area contributed by atoms with Crippen LogP contribution >= 0.6 is 11.8 Å². The van der Waals surface area contributed by atoms with E-state index in [1.807, 2.05) is 13.2 Å². The number of hydrogen-bond acceptors (Lipinski definition) is 4. The van der Waals surface area contributed by atoms with E-state index in [0.717, 1.165) is 25.1 Å². The molecule has 1 heterocycles. The minimum atomic E-state index is -0.949. The van der Waals surface area contributed by atoms with Crippen LogP contribution in [-0.2, 0) is 9.59 Å². The number of thioether (sulfide) groups is 1. The lowest BCUT2D eigenvalue weighted by Gasteiger charge is -2.27. The van der Waals surface area contributed by atoms with Crippen molar-refractivity contribution in [1.82, 2.24) is 10.6 Å². The zero-order chi connectivity index (χ0) is 13.6. The van der Waals surface area contributed by atoms with Gasteiger partial charge in [-0.3, -0.25) is 4.79 Å². The van der Waals surface area contributed by atoms with E-state index in [9.17, 15) is 9.59 Å². The van der Waals surface area contributed by atoms with Gasteiger partial charge in [0.2, 0.25) is 5.91 Å². The Bertz CT molecular complexity index is 304. The molecule has 1 saturated heterocycles. The average molecular weight is 274 g/mol. The summed E-state index contributed by atoms with van der Waals surface area (Å²) < 4.78 is 0. The van der Waals surface area contributed by atoms with E-state index < -0.39 is 17.4 Å². The second-order valence-corrected chi connectivity index (χ2v) is 5.69. The van der Waals surface area contributed by atoms with Crippen molar-refractivity contribution in [3.05, 3.63) is 0 Å². The summed E-state index contributed by atoms with van der Waals surface area (Å²) in [4.78, 5) is 23.4. The first-order valence-corrected chi connectivity index (χ1v) is 7.68. The number of aliphatic carboxylic acids is 1. The maximum atomic E-state index is 12.3. The number of rotatable bonds is 7. The van der Waals surface area contributed by atoms with Gasteiger partial charge in [-0.2, -0.15) is 11.8 Å². The number of carboxylic acids is 1. The second-order valence-electron chi connectivity index (χ2n) is 4.71. The third-order valence-corrected chi connectivity index (χ3v) is 4.26. The Labute approximate surface area is 112 Å². The minimum Gasteiger partial charge on any atom is -0.480 e. The van der Waals surface area contributed by atoms with E-state index in [-0.39, 0.29) is 5.91 Å². The highest BCUT2D eigenvalue weighted by Crippen LogP contribution is 2.29. The highest BCUT2D eigenvalue weighted by Gasteiger charge is 2.40. The zero-order valence-electron chi connectivity index (χ0n) is 11.0. The summed E-state index contributed by atoms with van der Waals surface area (Å²) in [6, 6.07) is -0.769. The Hall–Kier alpha value is -0.750. The zero-order valence-corrected chi connectivity index (χ0v) is 11.8. The summed E-state index contributed by atoms with van der Waals surface area (Å²) in [6.45, 7) is 3.44. The Balaban J connectivity index is 2.62. The maximum absolute atomic E-state index is 12.3. The van der Waals surface area contributed by atoms with Crippen LogP contribution in [0.25, 0.3) is 0 Å². The lowest BCUT2D eigenvalue weighted by Crippen LogP contribution is -2.49. The maximum Gasteiger partial charge on any atom is 0.326 e. The molecule has 3 N–H and O–H groups in total. The standard InChI is InChI=1S/C12H22N2O3S/c1-3-12(5-6-13-8-12)11(17)14-9(10(15)16)4-7-18-2/h9,13H,3-8H2,1-2H3,(H,14,17)(H,15,16)/t9-,12?/m1/s1. The predicted molar refractivity (Wildman–Crippen MR) is 72.8 cm³/mol. The fraction of sp³-hybridized carbons (Fsp3) is 0.833. The quantitative estimate of drug-likeness (QED) is 0.637. The summed E-state index contributed by atoms with van der Waals surface area (Å²) in [7, 11) is 0. The Morgan fingerprint density at radius 2 is 2.28 bits per heavy atom. The molecule has 0 aromatic carbocycles. The fourth-order valence-electron chi connectivity index (χ4n) is 2.20. The largest absolute Gasteiger partial charge is 0.480 e. The summed E-state index contributed by atoms with van der Waals surface area (Å²) in [5, 5.41) is 15.0. The number of amides is 1. The highest BCUT2D eigenvalue weighted by molar-refractivity contribution is 7.98. The van der Waals surface area contributed by atoms with Gasteiger partial charge in [0.15, 0.2) is 0 Å². The minimum absolute atomic E-state index is 0.122. The van der Waals surface area contributed by atoms with Crippen molar-refractivity contribution >= 4 is 23.6 Å². The van der Waals surface area contributed by atoms with Gasteiger partial charge in [0.05, 0.1) is 5.41 Å². The summed E-state index contributed by atoms with van der Waals surface area (Å²) in [6.07, 6.45) is 3.91. The van der Waals surface area contributed by atoms with Crippen LogP contribution in [0.2, 0.25) is 0 Å². The van der Waals surface area contributed by atoms with Crippen LogP contribution in [0.5, 0.6) is 0 Å². The van der Waals surface area contributed by atoms with Crippen LogP contribution in [0.1, 0.15) is 26.2 Å². The third-order valence-electron chi connectivity index (χ3n) is 3.62. The van der Waals surface area contributed by atoms with Crippen molar-refractivity contribution in [2.75, 3.05) is 25.1 Å². The molecule has 6 heteroatoms. The Kier molecular flexibility index (Phi) is 5.95. The van der Waals surface area contributed by atoms with Crippen molar-refractivity contribution in [3.63, 3.8) is 0 Å². The van der Waals surface area contributed by atoms with Crippen molar-refractivity contribution in [2.45, 2.75) is 32.2 Å². The molecule has 1 amide bonds. The fourth-order valence-corrected chi connectivity index (χ4v) is 2.68. The second kappa shape index (κ2) is 6.99. The first kappa shape index (κ1) is 15.3. The monoisotopic (exact) mass is 274 g/mol. The molecule has 0 aromatic rings. The molecule has 5 nitrogen and oxygen atoms in total. The van der Waals surface area contributed by atoms with Crippen molar-refractivity contribution in [1.29, 1.82) is 0 Å². The SMILES string of the molecule is CCC1(C(=O)N[C@H](CCSC)C(=O)O)CCNC1. The van der Waals surface area contributed by atoms with Gasteiger partial charge < -0.3 is 15.7 Å². The van der Waals surface area contributed by atoms with Gasteiger partial charge in [0, 0.05) is 6.54 Å². The van der Waals surface area contributed by atoms with Gasteiger partial charge in [-0.1, -0.05) is 6.92 Å². The van der Waals surface area contributed by atoms with Gasteiger partial charge in [0.25, 0.3) is 0 Å². The van der Waals surface area contributed by atoms with Gasteiger partial charge in [-0.15, -0.1) is 0 Å². The number of carbonyl (C=O) groups is 2. The molecule has 0 aromatic heterocycles. The van der Waals surface area contributed by atoms with E-state index in [4.69, 9.17) is 5.11 Å². The van der Waals surface area contributed by atoms with E-state index in [0.29, 0.717) is 13.0 Å². The average Bonchev–Trinajstić information content (AvgIpc) is 2.83. The molecule has 1 rings (SSSR count). The van der Waals surface area contributed by atoms with E-state index in [1.165, 1.54) is 0 Å². The normalized spacial score (nSPS) is 24.8. The number of carbonyl (C=O) groups excluding carboxylic acids is 1. The molecule has 1 fully saturated rings. The molecule has 0 spiro atoms. The van der Waals surface area contributed by atoms with Crippen LogP contribution in [0.4, 0.5) is 0 Å². The van der Waals surface area contributed by atoms with Gasteiger partial charge in [-0.05, 0) is 37.8 Å². The highest BCUT2D eigenvalue weighted by atomic mass is 32.2. The summed E-state index contributed by atoms with van der Waals surface area (Å²) in [5.74, 6) is -0.340. The van der Waals surface area contributed by atoms with Crippen molar-refractivity contribution < 1.29 is 14.7 Å². The van der Waals surface area contributed by atoms with Crippen LogP contribution in [0.3, 0.4) is 0 Å². The van der Waals surface area contributed by atoms with E-state index in [2.05, 4.69) is 10.6 Å². The molecule has 104 valence electrons. The first-order chi connectivity index (χ1) is 8.55. The molecular formula is C12H22N2O3S. The number of carboxylic acid groups (broad SMARTS) is 1. The molecule has 1 aliphatic rings. The lowest BCUT2D eigenvalue weighted by atomic mass is 9.83. The first-order valence-electron chi connectivity index (χ1n) is 6.29. The van der Waals surface area contributed by atoms with Crippen molar-refractivity contribution in [3.8, 4) is 0 Å². The Morgan fingerprint density at radius 3 is 2.72 bits per heavy atom. The molecule has 2 atom stereocenters. The molecule has 0 aliphatic carbocycles. The van der Waals surface area contributed by atoms with Crippen LogP contribution in [-0.4, -0.2) is 48.1 Å². The topological polar surface area (TPSA) is 78.4 Å². The summed E-state index contributed by atoms with van der Waals surface area (Å²) >= 11 is 1.58. The third kappa shape index (κ3) is 3.62. The molecule has 0 saturated carbocycles. The smallest absolute Gasteiger partial charge is 0.326 e. The lowest BCUT2D eigenvalue weighted by molar-refractivity contribution is -0.143. The molecule has 1 unspecified atom stereocenters. The molecule has 1 aliphatic heterocycles. The number of hydrogen-bond donors (Lipinski definition) is 3. The Morgan fingerprint density at radius 1 is 1.56 bits per heavy atom. The van der Waals surface area contributed by atoms with Gasteiger partial charge >= 0.3 is 5.97 Å². The van der Waals surface area contributed by atoms with Crippen LogP contribution in [0.15, 0.2) is 0 Å². The van der Waals surface area contributed by atoms with Gasteiger partial charge in [0.1, 0.15) is 6.04 Å². The van der Waals surface area contributed by atoms with E-state index >= 15 is 0 Å². The van der Waals surface area contributed by atoms with Crippen LogP contribution < -0.4 is 10.6 Å². The van der Waals surface area contributed by atoms with Crippen LogP contribution in [0, 0.1) is 5.41 Å². The molecule has 18 heavy (non-hydrogen) atoms. The number of nitrogens with one attached hydrogen (secondary N) is 2. The molecular weight excluding hydrogens is 252 g/mol. The summed E-state index contributed by atoms with van der Waals surface area (Å²) in [5.41, 5.74) is -0.424. The van der Waals surface area contributed by atoms with Gasteiger partial charge in [-0.25, -0.2) is 4.79 Å².